The van der Waals surface area contributed by atoms with E-state index in [1.165, 1.54) is 10.9 Å². The maximum Gasteiger partial charge on any atom is 0.134 e. The molecule has 1 aromatic carbocycles. The van der Waals surface area contributed by atoms with Gasteiger partial charge in [-0.3, -0.25) is 0 Å². The Morgan fingerprint density at radius 2 is 2.15 bits per heavy atom. The lowest BCUT2D eigenvalue weighted by atomic mass is 10.1. The Balaban J connectivity index is 2.15. The largest absolute Gasteiger partial charge is 0.461 e. The second-order valence-electron chi connectivity index (χ2n) is 4.90. The number of thioether (sulfide) groups is 1. The van der Waals surface area contributed by atoms with Gasteiger partial charge < -0.3 is 14.8 Å². The predicted octanol–water partition coefficient (Wildman–Crippen LogP) is 3.20. The van der Waals surface area contributed by atoms with Crippen LogP contribution in [0.25, 0.3) is 11.0 Å². The first-order valence-corrected chi connectivity index (χ1v) is 8.52. The maximum atomic E-state index is 9.13. The van der Waals surface area contributed by atoms with Crippen LogP contribution in [0.15, 0.2) is 28.7 Å². The smallest absolute Gasteiger partial charge is 0.134 e. The van der Waals surface area contributed by atoms with Gasteiger partial charge in [-0.2, -0.15) is 11.8 Å². The lowest BCUT2D eigenvalue weighted by molar-refractivity contribution is 0.269. The van der Waals surface area contributed by atoms with Crippen molar-refractivity contribution in [3.05, 3.63) is 35.6 Å². The summed E-state index contributed by atoms with van der Waals surface area (Å²) in [7, 11) is 0. The number of furan rings is 1. The van der Waals surface area contributed by atoms with E-state index in [-0.39, 0.29) is 6.61 Å². The van der Waals surface area contributed by atoms with Crippen LogP contribution in [-0.4, -0.2) is 29.8 Å². The molecule has 2 aromatic rings. The van der Waals surface area contributed by atoms with E-state index in [1.807, 2.05) is 18.2 Å². The van der Waals surface area contributed by atoms with Gasteiger partial charge in [0.2, 0.25) is 0 Å². The number of aliphatic hydroxyl groups is 1. The second-order valence-corrected chi connectivity index (χ2v) is 5.81. The lowest BCUT2D eigenvalue weighted by Crippen LogP contribution is -2.32. The molecule has 2 rings (SSSR count). The Morgan fingerprint density at radius 3 is 2.85 bits per heavy atom. The molecule has 0 aliphatic rings. The van der Waals surface area contributed by atoms with Crippen molar-refractivity contribution in [1.82, 2.24) is 5.32 Å². The summed E-state index contributed by atoms with van der Waals surface area (Å²) >= 11 is 1.80. The predicted molar refractivity (Wildman–Crippen MR) is 86.3 cm³/mol. The summed E-state index contributed by atoms with van der Waals surface area (Å²) < 4.78 is 5.91. The van der Waals surface area contributed by atoms with E-state index in [1.54, 1.807) is 11.8 Å². The maximum absolute atomic E-state index is 9.13. The standard InChI is InChI=1S/C16H23NO2S/c1-3-15-14(10-17-12(8-9-18)11-20-2)13-6-4-5-7-16(13)19-15/h4-7,12,17-18H,3,8-11H2,1-2H3. The molecule has 0 spiro atoms. The number of rotatable bonds is 8. The lowest BCUT2D eigenvalue weighted by Gasteiger charge is -2.16. The van der Waals surface area contributed by atoms with Gasteiger partial charge in [-0.15, -0.1) is 0 Å². The van der Waals surface area contributed by atoms with E-state index in [9.17, 15) is 0 Å². The van der Waals surface area contributed by atoms with Crippen molar-refractivity contribution in [3.63, 3.8) is 0 Å². The van der Waals surface area contributed by atoms with Crippen LogP contribution in [0.2, 0.25) is 0 Å². The van der Waals surface area contributed by atoms with E-state index in [2.05, 4.69) is 24.6 Å². The van der Waals surface area contributed by atoms with Crippen molar-refractivity contribution in [2.24, 2.45) is 0 Å². The molecule has 0 bridgehead atoms. The zero-order valence-electron chi connectivity index (χ0n) is 12.2. The third-order valence-corrected chi connectivity index (χ3v) is 4.25. The molecule has 2 N–H and O–H groups in total. The van der Waals surface area contributed by atoms with Crippen LogP contribution >= 0.6 is 11.8 Å². The van der Waals surface area contributed by atoms with Crippen molar-refractivity contribution >= 4 is 22.7 Å². The average molecular weight is 293 g/mol. The van der Waals surface area contributed by atoms with Gasteiger partial charge >= 0.3 is 0 Å². The number of hydrogen-bond acceptors (Lipinski definition) is 4. The number of benzene rings is 1. The molecule has 0 aliphatic heterocycles. The number of nitrogens with one attached hydrogen (secondary N) is 1. The molecular weight excluding hydrogens is 270 g/mol. The molecular formula is C16H23NO2S. The number of hydrogen-bond donors (Lipinski definition) is 2. The molecule has 0 fully saturated rings. The van der Waals surface area contributed by atoms with Gasteiger partial charge in [0.15, 0.2) is 0 Å². The topological polar surface area (TPSA) is 45.4 Å². The fourth-order valence-corrected chi connectivity index (χ4v) is 3.16. The normalized spacial score (nSPS) is 12.9. The SMILES string of the molecule is CCc1oc2ccccc2c1CNC(CCO)CSC. The third kappa shape index (κ3) is 3.57. The van der Waals surface area contributed by atoms with Gasteiger partial charge in [0.25, 0.3) is 0 Å². The zero-order chi connectivity index (χ0) is 14.4. The van der Waals surface area contributed by atoms with E-state index in [4.69, 9.17) is 9.52 Å². The molecule has 1 aromatic heterocycles. The third-order valence-electron chi connectivity index (χ3n) is 3.52. The highest BCUT2D eigenvalue weighted by atomic mass is 32.2. The molecule has 3 nitrogen and oxygen atoms in total. The van der Waals surface area contributed by atoms with Crippen molar-refractivity contribution < 1.29 is 9.52 Å². The van der Waals surface area contributed by atoms with Crippen LogP contribution in [0.4, 0.5) is 0 Å². The Hall–Kier alpha value is -0.970. The second kappa shape index (κ2) is 7.72. The van der Waals surface area contributed by atoms with Gasteiger partial charge in [0.05, 0.1) is 0 Å². The molecule has 0 saturated carbocycles. The van der Waals surface area contributed by atoms with E-state index in [0.29, 0.717) is 6.04 Å². The molecule has 1 heterocycles. The Morgan fingerprint density at radius 1 is 1.35 bits per heavy atom. The summed E-state index contributed by atoms with van der Waals surface area (Å²) in [6, 6.07) is 8.53. The molecule has 4 heteroatoms. The molecule has 0 saturated heterocycles. The van der Waals surface area contributed by atoms with Gasteiger partial charge in [-0.05, 0) is 18.7 Å². The van der Waals surface area contributed by atoms with Crippen LogP contribution < -0.4 is 5.32 Å². The highest BCUT2D eigenvalue weighted by molar-refractivity contribution is 7.98. The van der Waals surface area contributed by atoms with E-state index in [0.717, 1.165) is 36.5 Å². The van der Waals surface area contributed by atoms with Crippen LogP contribution in [0, 0.1) is 0 Å². The number of aliphatic hydroxyl groups excluding tert-OH is 1. The highest BCUT2D eigenvalue weighted by Gasteiger charge is 2.14. The van der Waals surface area contributed by atoms with Crippen LogP contribution in [0.1, 0.15) is 24.7 Å². The first-order valence-electron chi connectivity index (χ1n) is 7.12. The first kappa shape index (κ1) is 15.4. The summed E-state index contributed by atoms with van der Waals surface area (Å²) in [5.41, 5.74) is 2.22. The fraction of sp³-hybridized carbons (Fsp3) is 0.500. The monoisotopic (exact) mass is 293 g/mol. The number of aryl methyl sites for hydroxylation is 1. The summed E-state index contributed by atoms with van der Waals surface area (Å²) in [5, 5.41) is 13.9. The van der Waals surface area contributed by atoms with E-state index < -0.39 is 0 Å². The minimum atomic E-state index is 0.227. The summed E-state index contributed by atoms with van der Waals surface area (Å²) in [6.45, 7) is 3.14. The first-order chi connectivity index (χ1) is 9.80. The van der Waals surface area contributed by atoms with Gasteiger partial charge in [-0.25, -0.2) is 0 Å². The van der Waals surface area contributed by atoms with Crippen molar-refractivity contribution in [3.8, 4) is 0 Å². The van der Waals surface area contributed by atoms with Gasteiger partial charge in [0.1, 0.15) is 11.3 Å². The molecule has 0 radical (unpaired) electrons. The highest BCUT2D eigenvalue weighted by Crippen LogP contribution is 2.26. The summed E-state index contributed by atoms with van der Waals surface area (Å²) in [6.07, 6.45) is 3.79. The molecule has 0 aliphatic carbocycles. The Kier molecular flexibility index (Phi) is 5.95. The minimum absolute atomic E-state index is 0.227. The minimum Gasteiger partial charge on any atom is -0.461 e. The molecule has 0 amide bonds. The van der Waals surface area contributed by atoms with Gasteiger partial charge in [0, 0.05) is 42.3 Å². The molecule has 110 valence electrons. The van der Waals surface area contributed by atoms with Crippen molar-refractivity contribution in [2.45, 2.75) is 32.4 Å². The number of para-hydroxylation sites is 1. The molecule has 1 unspecified atom stereocenters. The molecule has 20 heavy (non-hydrogen) atoms. The summed E-state index contributed by atoms with van der Waals surface area (Å²) in [5.74, 6) is 2.07. The Labute approximate surface area is 124 Å². The quantitative estimate of drug-likeness (QED) is 0.784. The fourth-order valence-electron chi connectivity index (χ4n) is 2.48. The van der Waals surface area contributed by atoms with Crippen LogP contribution in [0.5, 0.6) is 0 Å². The zero-order valence-corrected chi connectivity index (χ0v) is 13.0. The number of fused-ring (bicyclic) bond motifs is 1. The van der Waals surface area contributed by atoms with Crippen molar-refractivity contribution in [1.29, 1.82) is 0 Å². The van der Waals surface area contributed by atoms with E-state index >= 15 is 0 Å². The van der Waals surface area contributed by atoms with Crippen LogP contribution in [0.3, 0.4) is 0 Å². The van der Waals surface area contributed by atoms with Crippen molar-refractivity contribution in [2.75, 3.05) is 18.6 Å². The average Bonchev–Trinajstić information content (AvgIpc) is 2.83. The summed E-state index contributed by atoms with van der Waals surface area (Å²) in [4.78, 5) is 0. The Bertz CT molecular complexity index is 532. The molecule has 1 atom stereocenters. The van der Waals surface area contributed by atoms with Gasteiger partial charge in [-0.1, -0.05) is 25.1 Å². The van der Waals surface area contributed by atoms with Crippen LogP contribution in [-0.2, 0) is 13.0 Å².